The normalized spacial score (nSPS) is 12.0. The van der Waals surface area contributed by atoms with Crippen LogP contribution in [0.4, 0.5) is 0 Å². The van der Waals surface area contributed by atoms with E-state index in [1.165, 1.54) is 0 Å². The molecule has 2 heterocycles. The molecule has 0 aliphatic heterocycles. The van der Waals surface area contributed by atoms with Gasteiger partial charge in [0.15, 0.2) is 0 Å². The Morgan fingerprint density at radius 3 is 2.57 bits per heavy atom. The largest absolute Gasteiger partial charge is 0.305 e. The van der Waals surface area contributed by atoms with Crippen molar-refractivity contribution in [2.75, 3.05) is 0 Å². The molecule has 0 bridgehead atoms. The maximum absolute atomic E-state index is 4.75. The van der Waals surface area contributed by atoms with Crippen LogP contribution in [0.1, 0.15) is 26.3 Å². The zero-order chi connectivity index (χ0) is 16.3. The van der Waals surface area contributed by atoms with Crippen LogP contribution in [0.25, 0.3) is 16.3 Å². The van der Waals surface area contributed by atoms with E-state index in [9.17, 15) is 0 Å². The van der Waals surface area contributed by atoms with Crippen molar-refractivity contribution < 1.29 is 0 Å². The van der Waals surface area contributed by atoms with Gasteiger partial charge in [-0.15, -0.1) is 11.3 Å². The Balaban J connectivity index is 1.99. The van der Waals surface area contributed by atoms with Crippen LogP contribution in [-0.2, 0) is 0 Å². The van der Waals surface area contributed by atoms with Crippen LogP contribution in [0.15, 0.2) is 59.1 Å². The average Bonchev–Trinajstić information content (AvgIpc) is 3.16. The summed E-state index contributed by atoms with van der Waals surface area (Å²) in [5.74, 6) is 0. The smallest absolute Gasteiger partial charge is 0.117 e. The maximum Gasteiger partial charge on any atom is 0.117 e. The first-order chi connectivity index (χ1) is 11.0. The van der Waals surface area contributed by atoms with Gasteiger partial charge in [0.1, 0.15) is 10.7 Å². The number of hydrazone groups is 1. The van der Waals surface area contributed by atoms with Crippen LogP contribution in [0, 0.1) is 0 Å². The lowest BCUT2D eigenvalue weighted by Gasteiger charge is -2.16. The van der Waals surface area contributed by atoms with Crippen molar-refractivity contribution in [3.63, 3.8) is 0 Å². The minimum Gasteiger partial charge on any atom is -0.305 e. The van der Waals surface area contributed by atoms with Gasteiger partial charge in [-0.05, 0) is 38.3 Å². The molecule has 0 atom stereocenters. The number of thiophene rings is 1. The van der Waals surface area contributed by atoms with Gasteiger partial charge in [0, 0.05) is 22.9 Å². The Bertz CT molecular complexity index is 780. The number of aromatic nitrogens is 2. The molecule has 4 nitrogen and oxygen atoms in total. The molecule has 3 rings (SSSR count). The van der Waals surface area contributed by atoms with E-state index >= 15 is 0 Å². The van der Waals surface area contributed by atoms with E-state index in [1.54, 1.807) is 11.3 Å². The van der Waals surface area contributed by atoms with Gasteiger partial charge in [0.2, 0.25) is 0 Å². The van der Waals surface area contributed by atoms with E-state index in [-0.39, 0.29) is 5.54 Å². The van der Waals surface area contributed by atoms with E-state index in [0.717, 1.165) is 21.8 Å². The third-order valence-corrected chi connectivity index (χ3v) is 3.98. The number of nitrogens with one attached hydrogen (secondary N) is 1. The fourth-order valence-corrected chi connectivity index (χ4v) is 2.77. The predicted molar refractivity (Wildman–Crippen MR) is 97.4 cm³/mol. The minimum atomic E-state index is -0.0623. The van der Waals surface area contributed by atoms with Crippen LogP contribution in [0.2, 0.25) is 0 Å². The van der Waals surface area contributed by atoms with Gasteiger partial charge in [-0.25, -0.2) is 4.68 Å². The molecular weight excluding hydrogens is 304 g/mol. The second kappa shape index (κ2) is 6.38. The number of benzene rings is 1. The molecule has 1 N–H and O–H groups in total. The molecule has 0 aliphatic rings. The van der Waals surface area contributed by atoms with E-state index in [0.29, 0.717) is 0 Å². The summed E-state index contributed by atoms with van der Waals surface area (Å²) < 4.78 is 1.91. The second-order valence-corrected chi connectivity index (χ2v) is 7.24. The van der Waals surface area contributed by atoms with Crippen molar-refractivity contribution in [2.24, 2.45) is 5.10 Å². The van der Waals surface area contributed by atoms with E-state index < -0.39 is 0 Å². The fraction of sp³-hybridized carbons (Fsp3) is 0.222. The van der Waals surface area contributed by atoms with Crippen LogP contribution in [0.3, 0.4) is 0 Å². The highest BCUT2D eigenvalue weighted by Gasteiger charge is 2.12. The predicted octanol–water partition coefficient (Wildman–Crippen LogP) is 4.32. The van der Waals surface area contributed by atoms with Gasteiger partial charge < -0.3 is 5.43 Å². The molecule has 118 valence electrons. The zero-order valence-electron chi connectivity index (χ0n) is 13.5. The monoisotopic (exact) mass is 324 g/mol. The molecule has 0 spiro atoms. The van der Waals surface area contributed by atoms with Crippen LogP contribution >= 0.6 is 11.3 Å². The molecule has 0 radical (unpaired) electrons. The summed E-state index contributed by atoms with van der Waals surface area (Å²) in [4.78, 5) is 0. The molecule has 0 amide bonds. The Morgan fingerprint density at radius 2 is 1.91 bits per heavy atom. The van der Waals surface area contributed by atoms with E-state index in [1.807, 2.05) is 46.7 Å². The van der Waals surface area contributed by atoms with Crippen molar-refractivity contribution in [1.82, 2.24) is 15.2 Å². The van der Waals surface area contributed by atoms with Crippen molar-refractivity contribution >= 4 is 17.6 Å². The molecule has 5 heteroatoms. The molecule has 0 saturated heterocycles. The Hall–Kier alpha value is -2.40. The van der Waals surface area contributed by atoms with Gasteiger partial charge in [-0.2, -0.15) is 10.2 Å². The van der Waals surface area contributed by atoms with E-state index in [2.05, 4.69) is 49.5 Å². The first-order valence-electron chi connectivity index (χ1n) is 7.52. The number of rotatable bonds is 4. The first-order valence-corrected chi connectivity index (χ1v) is 8.40. The molecule has 2 aromatic heterocycles. The molecule has 1 aromatic carbocycles. The summed E-state index contributed by atoms with van der Waals surface area (Å²) in [5, 5.41) is 12.3. The molecule has 0 fully saturated rings. The van der Waals surface area contributed by atoms with Gasteiger partial charge >= 0.3 is 0 Å². The number of nitrogens with zero attached hydrogens (tertiary/aromatic N) is 3. The van der Waals surface area contributed by atoms with Gasteiger partial charge in [0.05, 0.1) is 6.21 Å². The molecule has 0 saturated carbocycles. The van der Waals surface area contributed by atoms with Crippen molar-refractivity contribution in [1.29, 1.82) is 0 Å². The standard InChI is InChI=1S/C18H20N4S/c1-18(2,3)21-19-12-15-13-22(16-10-7-11-23-16)20-17(15)14-8-5-4-6-9-14/h4-13,21H,1-3H3/b19-12+. The maximum atomic E-state index is 4.75. The summed E-state index contributed by atoms with van der Waals surface area (Å²) in [6.07, 6.45) is 3.85. The van der Waals surface area contributed by atoms with Gasteiger partial charge in [-0.1, -0.05) is 30.3 Å². The SMILES string of the molecule is CC(C)(C)N/N=C/c1cn(-c2cccs2)nc1-c1ccccc1. The van der Waals surface area contributed by atoms with Crippen LogP contribution in [0.5, 0.6) is 0 Å². The van der Waals surface area contributed by atoms with E-state index in [4.69, 9.17) is 5.10 Å². The molecule has 0 unspecified atom stereocenters. The van der Waals surface area contributed by atoms with Crippen molar-refractivity contribution in [3.8, 4) is 16.3 Å². The number of hydrogen-bond acceptors (Lipinski definition) is 4. The second-order valence-electron chi connectivity index (χ2n) is 6.31. The van der Waals surface area contributed by atoms with Gasteiger partial charge in [-0.3, -0.25) is 0 Å². The highest BCUT2D eigenvalue weighted by atomic mass is 32.1. The molecule has 23 heavy (non-hydrogen) atoms. The third-order valence-electron chi connectivity index (χ3n) is 3.13. The number of hydrogen-bond donors (Lipinski definition) is 1. The summed E-state index contributed by atoms with van der Waals surface area (Å²) in [6, 6.07) is 14.3. The van der Waals surface area contributed by atoms with Crippen LogP contribution < -0.4 is 5.43 Å². The van der Waals surface area contributed by atoms with Crippen LogP contribution in [-0.4, -0.2) is 21.5 Å². The fourth-order valence-electron chi connectivity index (χ4n) is 2.11. The Labute approximate surface area is 140 Å². The summed E-state index contributed by atoms with van der Waals surface area (Å²) in [5.41, 5.74) is 6.07. The lowest BCUT2D eigenvalue weighted by atomic mass is 10.1. The summed E-state index contributed by atoms with van der Waals surface area (Å²) in [6.45, 7) is 6.24. The van der Waals surface area contributed by atoms with Crippen molar-refractivity contribution in [2.45, 2.75) is 26.3 Å². The summed E-state index contributed by atoms with van der Waals surface area (Å²) in [7, 11) is 0. The topological polar surface area (TPSA) is 42.2 Å². The quantitative estimate of drug-likeness (QED) is 0.573. The van der Waals surface area contributed by atoms with Gasteiger partial charge in [0.25, 0.3) is 0 Å². The Kier molecular flexibility index (Phi) is 4.30. The zero-order valence-corrected chi connectivity index (χ0v) is 14.3. The minimum absolute atomic E-state index is 0.0623. The lowest BCUT2D eigenvalue weighted by Crippen LogP contribution is -2.31. The highest BCUT2D eigenvalue weighted by molar-refractivity contribution is 7.12. The third kappa shape index (κ3) is 3.87. The first kappa shape index (κ1) is 15.5. The Morgan fingerprint density at radius 1 is 1.13 bits per heavy atom. The lowest BCUT2D eigenvalue weighted by molar-refractivity contribution is 0.442. The highest BCUT2D eigenvalue weighted by Crippen LogP contribution is 2.24. The molecule has 3 aromatic rings. The summed E-state index contributed by atoms with van der Waals surface area (Å²) >= 11 is 1.66. The molecule has 0 aliphatic carbocycles. The van der Waals surface area contributed by atoms with Crippen molar-refractivity contribution in [3.05, 3.63) is 59.6 Å². The average molecular weight is 324 g/mol. The molecular formula is C18H20N4S.